The van der Waals surface area contributed by atoms with E-state index in [0.717, 1.165) is 0 Å². The third kappa shape index (κ3) is 1.46. The molecule has 0 radical (unpaired) electrons. The maximum absolute atomic E-state index is 7.44. The molecule has 8 heavy (non-hydrogen) atoms. The summed E-state index contributed by atoms with van der Waals surface area (Å²) in [5.74, 6) is 0. The zero-order valence-electron chi connectivity index (χ0n) is 7.31. The highest BCUT2D eigenvalue weighted by molar-refractivity contribution is 4.76. The Hall–Kier alpha value is -0.0800. The first-order chi connectivity index (χ1) is 4.61. The minimum absolute atomic E-state index is 0.0821. The van der Waals surface area contributed by atoms with E-state index in [0.29, 0.717) is 0 Å². The summed E-state index contributed by atoms with van der Waals surface area (Å²) in [4.78, 5) is 0. The lowest BCUT2D eigenvalue weighted by Crippen LogP contribution is -2.51. The molecule has 4 unspecified atom stereocenters. The van der Waals surface area contributed by atoms with Crippen LogP contribution < -0.4 is 10.6 Å². The molecule has 1 fully saturated rings. The van der Waals surface area contributed by atoms with E-state index in [1.165, 1.54) is 0 Å². The molecule has 4 atom stereocenters. The highest BCUT2D eigenvalue weighted by atomic mass is 15.1. The Labute approximate surface area is 53.5 Å². The molecule has 1 saturated heterocycles. The average Bonchev–Trinajstić information content (AvgIpc) is 1.84. The van der Waals surface area contributed by atoms with Crippen LogP contribution in [0.2, 0.25) is 0 Å². The Kier molecular flexibility index (Phi) is 1.19. The standard InChI is InChI=1S/C6H14N2/c1-5-3-8-6(2)4-7-5/h5-8H,3-4H2,1-2H3/i3D,4D. The molecule has 48 valence electrons. The van der Waals surface area contributed by atoms with Crippen molar-refractivity contribution in [3.63, 3.8) is 0 Å². The molecule has 1 aliphatic rings. The summed E-state index contributed by atoms with van der Waals surface area (Å²) >= 11 is 0. The van der Waals surface area contributed by atoms with Crippen LogP contribution in [0.15, 0.2) is 0 Å². The van der Waals surface area contributed by atoms with Crippen molar-refractivity contribution in [2.24, 2.45) is 0 Å². The van der Waals surface area contributed by atoms with Crippen LogP contribution in [0, 0.1) is 0 Å². The van der Waals surface area contributed by atoms with E-state index in [9.17, 15) is 0 Å². The first kappa shape index (κ1) is 3.85. The number of hydrogen-bond donors (Lipinski definition) is 2. The van der Waals surface area contributed by atoms with Gasteiger partial charge in [-0.05, 0) is 13.8 Å². The quantitative estimate of drug-likeness (QED) is 0.464. The van der Waals surface area contributed by atoms with Crippen LogP contribution in [0.5, 0.6) is 0 Å². The third-order valence-corrected chi connectivity index (χ3v) is 1.22. The molecule has 1 aliphatic heterocycles. The van der Waals surface area contributed by atoms with Crippen LogP contribution in [-0.4, -0.2) is 25.1 Å². The molecule has 0 aromatic heterocycles. The molecule has 1 rings (SSSR count). The molecule has 2 N–H and O–H groups in total. The largest absolute Gasteiger partial charge is 0.311 e. The second kappa shape index (κ2) is 2.46. The van der Waals surface area contributed by atoms with Gasteiger partial charge in [0.25, 0.3) is 0 Å². The molecule has 0 aromatic carbocycles. The Balaban J connectivity index is 2.46. The zero-order chi connectivity index (χ0) is 7.72. The molecule has 0 saturated carbocycles. The normalized spacial score (nSPS) is 61.8. The zero-order valence-corrected chi connectivity index (χ0v) is 5.31. The fraction of sp³-hybridized carbons (Fsp3) is 1.00. The molecular weight excluding hydrogens is 100 g/mol. The second-order valence-corrected chi connectivity index (χ2v) is 2.24. The van der Waals surface area contributed by atoms with E-state index in [2.05, 4.69) is 10.6 Å². The Morgan fingerprint density at radius 1 is 1.25 bits per heavy atom. The number of hydrogen-bond acceptors (Lipinski definition) is 2. The van der Waals surface area contributed by atoms with Gasteiger partial charge in [0.1, 0.15) is 0 Å². The molecule has 2 nitrogen and oxygen atoms in total. The second-order valence-electron chi connectivity index (χ2n) is 2.24. The molecular formula is C6H14N2. The lowest BCUT2D eigenvalue weighted by Gasteiger charge is -2.26. The number of nitrogens with one attached hydrogen (secondary N) is 2. The van der Waals surface area contributed by atoms with Crippen molar-refractivity contribution in [2.45, 2.75) is 25.9 Å². The van der Waals surface area contributed by atoms with Gasteiger partial charge in [0.05, 0.1) is 0 Å². The predicted octanol–water partition coefficient (Wildman–Crippen LogP) is -0.0438. The summed E-state index contributed by atoms with van der Waals surface area (Å²) in [7, 11) is 0. The van der Waals surface area contributed by atoms with Gasteiger partial charge in [-0.3, -0.25) is 0 Å². The molecule has 2 heteroatoms. The summed E-state index contributed by atoms with van der Waals surface area (Å²) in [6.07, 6.45) is 0. The third-order valence-electron chi connectivity index (χ3n) is 1.22. The maximum atomic E-state index is 7.44. The number of piperazine rings is 1. The first-order valence-corrected chi connectivity index (χ1v) is 2.98. The minimum Gasteiger partial charge on any atom is -0.311 e. The molecule has 0 amide bonds. The highest BCUT2D eigenvalue weighted by Gasteiger charge is 2.10. The van der Waals surface area contributed by atoms with Gasteiger partial charge in [-0.25, -0.2) is 0 Å². The van der Waals surface area contributed by atoms with Crippen LogP contribution in [0.3, 0.4) is 0 Å². The maximum Gasteiger partial charge on any atom is 0.0444 e. The van der Waals surface area contributed by atoms with Crippen LogP contribution in [0.25, 0.3) is 0 Å². The Morgan fingerprint density at radius 2 is 1.62 bits per heavy atom. The Morgan fingerprint density at radius 3 is 2.00 bits per heavy atom. The van der Waals surface area contributed by atoms with Gasteiger partial charge >= 0.3 is 0 Å². The summed E-state index contributed by atoms with van der Waals surface area (Å²) in [5, 5.41) is 5.99. The van der Waals surface area contributed by atoms with Gasteiger partial charge in [-0.2, -0.15) is 0 Å². The monoisotopic (exact) mass is 116 g/mol. The van der Waals surface area contributed by atoms with Gasteiger partial charge in [0.15, 0.2) is 0 Å². The van der Waals surface area contributed by atoms with Crippen molar-refractivity contribution in [2.75, 3.05) is 13.0 Å². The minimum atomic E-state index is -0.267. The van der Waals surface area contributed by atoms with Gasteiger partial charge in [-0.1, -0.05) is 0 Å². The molecule has 0 spiro atoms. The van der Waals surface area contributed by atoms with E-state index in [1.807, 2.05) is 13.8 Å². The summed E-state index contributed by atoms with van der Waals surface area (Å²) in [6.45, 7) is 3.30. The predicted molar refractivity (Wildman–Crippen MR) is 34.9 cm³/mol. The van der Waals surface area contributed by atoms with Crippen molar-refractivity contribution in [3.8, 4) is 0 Å². The highest BCUT2D eigenvalue weighted by Crippen LogP contribution is 1.89. The molecule has 0 aliphatic carbocycles. The van der Waals surface area contributed by atoms with Crippen LogP contribution in [-0.2, 0) is 0 Å². The molecule has 0 bridgehead atoms. The van der Waals surface area contributed by atoms with Gasteiger partial charge in [0, 0.05) is 27.9 Å². The molecule has 0 aromatic rings. The van der Waals surface area contributed by atoms with Crippen molar-refractivity contribution < 1.29 is 2.74 Å². The van der Waals surface area contributed by atoms with E-state index in [-0.39, 0.29) is 25.1 Å². The summed E-state index contributed by atoms with van der Waals surface area (Å²) in [6, 6.07) is 0.164. The van der Waals surface area contributed by atoms with Gasteiger partial charge < -0.3 is 10.6 Å². The lowest BCUT2D eigenvalue weighted by atomic mass is 10.2. The fourth-order valence-corrected chi connectivity index (χ4v) is 0.688. The summed E-state index contributed by atoms with van der Waals surface area (Å²) in [5.41, 5.74) is 0. The van der Waals surface area contributed by atoms with Crippen LogP contribution >= 0.6 is 0 Å². The van der Waals surface area contributed by atoms with Gasteiger partial charge in [0.2, 0.25) is 0 Å². The summed E-state index contributed by atoms with van der Waals surface area (Å²) < 4.78 is 14.9. The lowest BCUT2D eigenvalue weighted by molar-refractivity contribution is 0.376. The fourth-order valence-electron chi connectivity index (χ4n) is 0.688. The topological polar surface area (TPSA) is 24.1 Å². The Bertz CT molecular complexity index is 94.3. The van der Waals surface area contributed by atoms with Crippen molar-refractivity contribution >= 4 is 0 Å². The van der Waals surface area contributed by atoms with E-state index in [1.54, 1.807) is 0 Å². The first-order valence-electron chi connectivity index (χ1n) is 4.13. The van der Waals surface area contributed by atoms with E-state index in [4.69, 9.17) is 2.74 Å². The van der Waals surface area contributed by atoms with Crippen LogP contribution in [0.1, 0.15) is 16.6 Å². The van der Waals surface area contributed by atoms with Crippen molar-refractivity contribution in [3.05, 3.63) is 0 Å². The van der Waals surface area contributed by atoms with Crippen molar-refractivity contribution in [1.82, 2.24) is 10.6 Å². The van der Waals surface area contributed by atoms with Crippen LogP contribution in [0.4, 0.5) is 0 Å². The number of rotatable bonds is 0. The molecule has 1 heterocycles. The smallest absolute Gasteiger partial charge is 0.0444 e. The SMILES string of the molecule is [2H]C1NC(C)C([2H])NC1C. The van der Waals surface area contributed by atoms with E-state index >= 15 is 0 Å². The van der Waals surface area contributed by atoms with Gasteiger partial charge in [-0.15, -0.1) is 0 Å². The average molecular weight is 116 g/mol. The van der Waals surface area contributed by atoms with E-state index < -0.39 is 0 Å². The van der Waals surface area contributed by atoms with Crippen molar-refractivity contribution in [1.29, 1.82) is 0 Å².